The fraction of sp³-hybridized carbons (Fsp3) is 0.435. The van der Waals surface area contributed by atoms with E-state index in [-0.39, 0.29) is 10.8 Å². The molecule has 3 aromatic heterocycles. The molecule has 2 N–H and O–H groups in total. The SMILES string of the molecule is Cc1cn2cc(NC(=O)c3sc(C4CCN(C(=O)O)CC4)c(C(C)(C)C)c3F)cc(Cl)c2n1. The molecular formula is C23H26ClFN4O3S. The van der Waals surface area contributed by atoms with Gasteiger partial charge in [-0.15, -0.1) is 11.3 Å². The number of nitrogens with one attached hydrogen (secondary N) is 1. The van der Waals surface area contributed by atoms with Crippen LogP contribution in [0.15, 0.2) is 18.5 Å². The molecular weight excluding hydrogens is 467 g/mol. The van der Waals surface area contributed by atoms with Crippen molar-refractivity contribution in [3.05, 3.63) is 50.3 Å². The molecule has 3 aromatic rings. The second-order valence-electron chi connectivity index (χ2n) is 9.42. The molecule has 1 fully saturated rings. The number of carbonyl (C=O) groups excluding carboxylic acids is 1. The summed E-state index contributed by atoms with van der Waals surface area (Å²) in [5, 5.41) is 12.4. The number of piperidine rings is 1. The Morgan fingerprint density at radius 3 is 2.55 bits per heavy atom. The van der Waals surface area contributed by atoms with Gasteiger partial charge < -0.3 is 19.7 Å². The summed E-state index contributed by atoms with van der Waals surface area (Å²) in [7, 11) is 0. The Morgan fingerprint density at radius 2 is 1.94 bits per heavy atom. The van der Waals surface area contributed by atoms with Gasteiger partial charge in [0.2, 0.25) is 0 Å². The van der Waals surface area contributed by atoms with Gasteiger partial charge in [-0.2, -0.15) is 0 Å². The third-order valence-electron chi connectivity index (χ3n) is 5.85. The highest BCUT2D eigenvalue weighted by Gasteiger charge is 2.35. The molecule has 0 unspecified atom stereocenters. The van der Waals surface area contributed by atoms with Gasteiger partial charge in [-0.05, 0) is 37.2 Å². The summed E-state index contributed by atoms with van der Waals surface area (Å²) in [6.07, 6.45) is 3.75. The number of aromatic nitrogens is 2. The van der Waals surface area contributed by atoms with E-state index in [1.807, 2.05) is 27.7 Å². The van der Waals surface area contributed by atoms with Crippen LogP contribution in [-0.2, 0) is 5.41 Å². The molecule has 10 heteroatoms. The molecule has 1 aliphatic rings. The van der Waals surface area contributed by atoms with Gasteiger partial charge in [0.1, 0.15) is 4.88 Å². The number of pyridine rings is 1. The Balaban J connectivity index is 1.65. The number of anilines is 1. The standard InChI is InChI=1S/C23H26ClFN4O3S/c1-12-10-29-11-14(9-15(24)20(29)26-12)27-21(30)19-17(25)16(23(2,3)4)18(33-19)13-5-7-28(8-6-13)22(31)32/h9-11,13H,5-8H2,1-4H3,(H,27,30)(H,31,32). The number of carboxylic acid groups (broad SMARTS) is 1. The predicted octanol–water partition coefficient (Wildman–Crippen LogP) is 5.90. The van der Waals surface area contributed by atoms with Crippen LogP contribution in [0.4, 0.5) is 14.9 Å². The van der Waals surface area contributed by atoms with E-state index < -0.39 is 23.2 Å². The lowest BCUT2D eigenvalue weighted by Gasteiger charge is -2.31. The van der Waals surface area contributed by atoms with E-state index >= 15 is 4.39 Å². The molecule has 1 saturated heterocycles. The number of likely N-dealkylation sites (tertiary alicyclic amines) is 1. The third kappa shape index (κ3) is 4.56. The zero-order valence-electron chi connectivity index (χ0n) is 18.9. The molecule has 0 saturated carbocycles. The molecule has 33 heavy (non-hydrogen) atoms. The lowest BCUT2D eigenvalue weighted by Crippen LogP contribution is -2.37. The Labute approximate surface area is 200 Å². The van der Waals surface area contributed by atoms with Gasteiger partial charge >= 0.3 is 6.09 Å². The average molecular weight is 493 g/mol. The van der Waals surface area contributed by atoms with Gasteiger partial charge in [-0.3, -0.25) is 4.79 Å². The fourth-order valence-electron chi connectivity index (χ4n) is 4.33. The topological polar surface area (TPSA) is 86.9 Å². The summed E-state index contributed by atoms with van der Waals surface area (Å²) in [6, 6.07) is 1.60. The molecule has 7 nitrogen and oxygen atoms in total. The number of rotatable bonds is 3. The maximum atomic E-state index is 15.6. The molecule has 4 rings (SSSR count). The summed E-state index contributed by atoms with van der Waals surface area (Å²) in [4.78, 5) is 30.9. The van der Waals surface area contributed by atoms with Crippen LogP contribution in [0.5, 0.6) is 0 Å². The predicted molar refractivity (Wildman–Crippen MR) is 127 cm³/mol. The summed E-state index contributed by atoms with van der Waals surface area (Å²) in [5.74, 6) is -1.04. The number of amides is 2. The van der Waals surface area contributed by atoms with Crippen molar-refractivity contribution in [2.75, 3.05) is 18.4 Å². The van der Waals surface area contributed by atoms with E-state index in [0.717, 1.165) is 21.9 Å². The number of hydrogen-bond acceptors (Lipinski definition) is 4. The van der Waals surface area contributed by atoms with Crippen molar-refractivity contribution in [2.24, 2.45) is 0 Å². The van der Waals surface area contributed by atoms with Crippen molar-refractivity contribution in [1.29, 1.82) is 0 Å². The van der Waals surface area contributed by atoms with E-state index in [0.29, 0.717) is 47.9 Å². The largest absolute Gasteiger partial charge is 0.465 e. The molecule has 0 aromatic carbocycles. The average Bonchev–Trinajstić information content (AvgIpc) is 3.27. The van der Waals surface area contributed by atoms with E-state index in [1.54, 1.807) is 22.9 Å². The Kier molecular flexibility index (Phi) is 6.13. The van der Waals surface area contributed by atoms with Gasteiger partial charge in [-0.1, -0.05) is 32.4 Å². The van der Waals surface area contributed by atoms with Crippen molar-refractivity contribution in [2.45, 2.75) is 51.9 Å². The molecule has 0 aliphatic carbocycles. The third-order valence-corrected chi connectivity index (χ3v) is 7.46. The quantitative estimate of drug-likeness (QED) is 0.476. The highest BCUT2D eigenvalue weighted by molar-refractivity contribution is 7.14. The first-order valence-electron chi connectivity index (χ1n) is 10.7. The minimum Gasteiger partial charge on any atom is -0.465 e. The summed E-state index contributed by atoms with van der Waals surface area (Å²) < 4.78 is 17.4. The number of fused-ring (bicyclic) bond motifs is 1. The van der Waals surface area contributed by atoms with Crippen molar-refractivity contribution in [1.82, 2.24) is 14.3 Å². The van der Waals surface area contributed by atoms with Crippen molar-refractivity contribution >= 4 is 46.3 Å². The van der Waals surface area contributed by atoms with Crippen LogP contribution in [-0.4, -0.2) is 44.5 Å². The Hall–Kier alpha value is -2.65. The second kappa shape index (κ2) is 8.61. The van der Waals surface area contributed by atoms with Gasteiger partial charge in [0.05, 0.1) is 16.4 Å². The van der Waals surface area contributed by atoms with E-state index in [2.05, 4.69) is 10.3 Å². The van der Waals surface area contributed by atoms with Crippen molar-refractivity contribution in [3.8, 4) is 0 Å². The van der Waals surface area contributed by atoms with Crippen LogP contribution in [0.3, 0.4) is 0 Å². The van der Waals surface area contributed by atoms with E-state index in [9.17, 15) is 14.7 Å². The minimum atomic E-state index is -0.939. The monoisotopic (exact) mass is 492 g/mol. The second-order valence-corrected chi connectivity index (χ2v) is 10.9. The summed E-state index contributed by atoms with van der Waals surface area (Å²) >= 11 is 7.47. The maximum absolute atomic E-state index is 15.6. The van der Waals surface area contributed by atoms with Crippen LogP contribution in [0.1, 0.15) is 65.3 Å². The van der Waals surface area contributed by atoms with Crippen LogP contribution >= 0.6 is 22.9 Å². The molecule has 0 bridgehead atoms. The van der Waals surface area contributed by atoms with E-state index in [1.165, 1.54) is 4.90 Å². The highest BCUT2D eigenvalue weighted by Crippen LogP contribution is 2.43. The van der Waals surface area contributed by atoms with E-state index in [4.69, 9.17) is 11.6 Å². The Bertz CT molecular complexity index is 1240. The molecule has 0 radical (unpaired) electrons. The fourth-order valence-corrected chi connectivity index (χ4v) is 6.04. The first kappa shape index (κ1) is 23.5. The molecule has 1 aliphatic heterocycles. The Morgan fingerprint density at radius 1 is 1.27 bits per heavy atom. The maximum Gasteiger partial charge on any atom is 0.407 e. The highest BCUT2D eigenvalue weighted by atomic mass is 35.5. The smallest absolute Gasteiger partial charge is 0.407 e. The number of nitrogens with zero attached hydrogens (tertiary/aromatic N) is 3. The zero-order valence-corrected chi connectivity index (χ0v) is 20.5. The van der Waals surface area contributed by atoms with Crippen LogP contribution in [0, 0.1) is 12.7 Å². The van der Waals surface area contributed by atoms with Crippen LogP contribution < -0.4 is 5.32 Å². The number of halogens is 2. The first-order chi connectivity index (χ1) is 15.5. The van der Waals surface area contributed by atoms with Crippen molar-refractivity contribution in [3.63, 3.8) is 0 Å². The van der Waals surface area contributed by atoms with Gasteiger partial charge in [0.25, 0.3) is 5.91 Å². The van der Waals surface area contributed by atoms with Crippen LogP contribution in [0.25, 0.3) is 5.65 Å². The number of carbonyl (C=O) groups is 2. The minimum absolute atomic E-state index is 0.00981. The molecule has 2 amide bonds. The van der Waals surface area contributed by atoms with Crippen LogP contribution in [0.2, 0.25) is 5.02 Å². The number of imidazole rings is 1. The zero-order chi connectivity index (χ0) is 24.1. The van der Waals surface area contributed by atoms with Crippen molar-refractivity contribution < 1.29 is 19.1 Å². The molecule has 4 heterocycles. The number of hydrogen-bond donors (Lipinski definition) is 2. The summed E-state index contributed by atoms with van der Waals surface area (Å²) in [6.45, 7) is 8.40. The van der Waals surface area contributed by atoms with Gasteiger partial charge in [0, 0.05) is 35.9 Å². The first-order valence-corrected chi connectivity index (χ1v) is 11.9. The van der Waals surface area contributed by atoms with Gasteiger partial charge in [0.15, 0.2) is 11.5 Å². The van der Waals surface area contributed by atoms with Gasteiger partial charge in [-0.25, -0.2) is 14.2 Å². The lowest BCUT2D eigenvalue weighted by molar-refractivity contribution is 0.102. The normalized spacial score (nSPS) is 15.3. The number of aryl methyl sites for hydroxylation is 1. The number of thiophene rings is 1. The summed E-state index contributed by atoms with van der Waals surface area (Å²) in [5.41, 5.74) is 1.84. The molecule has 176 valence electrons. The molecule has 0 atom stereocenters. The lowest BCUT2D eigenvalue weighted by atomic mass is 9.82. The molecule has 0 spiro atoms.